The van der Waals surface area contributed by atoms with E-state index in [1.807, 2.05) is 36.9 Å². The van der Waals surface area contributed by atoms with Crippen molar-refractivity contribution in [3.8, 4) is 33.6 Å². The van der Waals surface area contributed by atoms with Gasteiger partial charge in [-0.3, -0.25) is 9.97 Å². The summed E-state index contributed by atoms with van der Waals surface area (Å²) in [5.74, 6) is 0. The van der Waals surface area contributed by atoms with Gasteiger partial charge < -0.3 is 14.0 Å². The average molecular weight is 652 g/mol. The molecule has 0 bridgehead atoms. The van der Waals surface area contributed by atoms with Gasteiger partial charge in [-0.2, -0.15) is 0 Å². The molecule has 0 N–H and O–H groups in total. The van der Waals surface area contributed by atoms with Crippen LogP contribution in [0.5, 0.6) is 0 Å². The lowest BCUT2D eigenvalue weighted by molar-refractivity contribution is 1.11. The van der Waals surface area contributed by atoms with Crippen LogP contribution in [0, 0.1) is 0 Å². The summed E-state index contributed by atoms with van der Waals surface area (Å²) in [6.45, 7) is 0. The molecule has 0 fully saturated rings. The molecule has 5 heterocycles. The second-order valence-electron chi connectivity index (χ2n) is 13.1. The zero-order valence-electron chi connectivity index (χ0n) is 27.5. The topological polar surface area (TPSA) is 38.9 Å². The van der Waals surface area contributed by atoms with E-state index in [0.717, 1.165) is 50.7 Å². The number of anilines is 3. The molecule has 6 aromatic carbocycles. The molecule has 0 saturated heterocycles. The summed E-state index contributed by atoms with van der Waals surface area (Å²) in [4.78, 5) is 11.4. The predicted octanol–water partition coefficient (Wildman–Crippen LogP) is 11.8. The molecule has 238 valence electrons. The van der Waals surface area contributed by atoms with Crippen molar-refractivity contribution in [2.45, 2.75) is 0 Å². The summed E-state index contributed by atoms with van der Waals surface area (Å²) < 4.78 is 4.92. The molecule has 5 heteroatoms. The SMILES string of the molecule is c1ccc(-n2c3ccccc3c3ccc4c(c5cccc6c5n4-c4ccccc4N6c4cc(-c5cccnc5)cc(-c5cccnc5)c4)c32)cc1. The van der Waals surface area contributed by atoms with Crippen LogP contribution >= 0.6 is 0 Å². The highest BCUT2D eigenvalue weighted by molar-refractivity contribution is 6.28. The van der Waals surface area contributed by atoms with E-state index in [1.54, 1.807) is 0 Å². The maximum absolute atomic E-state index is 4.47. The molecule has 51 heavy (non-hydrogen) atoms. The number of aromatic nitrogens is 4. The lowest BCUT2D eigenvalue weighted by Gasteiger charge is -2.33. The van der Waals surface area contributed by atoms with Crippen LogP contribution in [0.1, 0.15) is 0 Å². The van der Waals surface area contributed by atoms with Crippen molar-refractivity contribution in [1.29, 1.82) is 0 Å². The first-order valence-corrected chi connectivity index (χ1v) is 17.2. The Bertz CT molecular complexity index is 2900. The van der Waals surface area contributed by atoms with E-state index >= 15 is 0 Å². The maximum atomic E-state index is 4.47. The minimum atomic E-state index is 1.07. The van der Waals surface area contributed by atoms with Gasteiger partial charge in [-0.05, 0) is 83.9 Å². The molecule has 0 radical (unpaired) electrons. The van der Waals surface area contributed by atoms with Gasteiger partial charge in [-0.1, -0.05) is 78.9 Å². The zero-order valence-corrected chi connectivity index (χ0v) is 27.5. The fourth-order valence-electron chi connectivity index (χ4n) is 8.25. The molecule has 0 amide bonds. The van der Waals surface area contributed by atoms with Crippen LogP contribution in [0.3, 0.4) is 0 Å². The number of fused-ring (bicyclic) bond motifs is 9. The molecule has 0 spiro atoms. The Kier molecular flexibility index (Phi) is 5.89. The van der Waals surface area contributed by atoms with Gasteiger partial charge in [0.2, 0.25) is 0 Å². The van der Waals surface area contributed by atoms with Crippen molar-refractivity contribution in [1.82, 2.24) is 19.1 Å². The Morgan fingerprint density at radius 3 is 1.78 bits per heavy atom. The third-order valence-electron chi connectivity index (χ3n) is 10.3. The Labute approximate surface area is 293 Å². The highest BCUT2D eigenvalue weighted by Crippen LogP contribution is 2.52. The van der Waals surface area contributed by atoms with Gasteiger partial charge in [0.1, 0.15) is 0 Å². The zero-order chi connectivity index (χ0) is 33.5. The number of rotatable bonds is 4. The molecule has 4 aromatic heterocycles. The van der Waals surface area contributed by atoms with Gasteiger partial charge in [0.15, 0.2) is 0 Å². The fourth-order valence-corrected chi connectivity index (χ4v) is 8.25. The van der Waals surface area contributed by atoms with E-state index in [1.165, 1.54) is 43.6 Å². The smallest absolute Gasteiger partial charge is 0.0784 e. The van der Waals surface area contributed by atoms with E-state index < -0.39 is 0 Å². The summed E-state index contributed by atoms with van der Waals surface area (Å²) in [6.07, 6.45) is 7.52. The minimum Gasteiger partial charge on any atom is -0.309 e. The first kappa shape index (κ1) is 27.9. The lowest BCUT2D eigenvalue weighted by Crippen LogP contribution is -2.18. The van der Waals surface area contributed by atoms with Crippen LogP contribution in [0.2, 0.25) is 0 Å². The molecule has 1 aliphatic heterocycles. The number of pyridine rings is 2. The number of hydrogen-bond acceptors (Lipinski definition) is 3. The van der Waals surface area contributed by atoms with Crippen LogP contribution in [0.4, 0.5) is 17.1 Å². The first-order valence-electron chi connectivity index (χ1n) is 17.2. The fraction of sp³-hybridized carbons (Fsp3) is 0. The molecule has 10 aromatic rings. The van der Waals surface area contributed by atoms with Gasteiger partial charge in [-0.25, -0.2) is 0 Å². The molecule has 11 rings (SSSR count). The quantitative estimate of drug-likeness (QED) is 0.190. The Hall–Kier alpha value is -6.98. The minimum absolute atomic E-state index is 1.07. The molecular weight excluding hydrogens is 623 g/mol. The maximum Gasteiger partial charge on any atom is 0.0784 e. The van der Waals surface area contributed by atoms with Crippen molar-refractivity contribution in [2.75, 3.05) is 4.90 Å². The molecule has 0 atom stereocenters. The van der Waals surface area contributed by atoms with Crippen LogP contribution in [0.25, 0.3) is 77.2 Å². The molecular formula is C46H29N5. The van der Waals surface area contributed by atoms with Crippen molar-refractivity contribution < 1.29 is 0 Å². The monoisotopic (exact) mass is 651 g/mol. The summed E-state index contributed by atoms with van der Waals surface area (Å²) in [5, 5.41) is 4.98. The van der Waals surface area contributed by atoms with Crippen molar-refractivity contribution in [3.05, 3.63) is 176 Å². The first-order chi connectivity index (χ1) is 25.3. The summed E-state index contributed by atoms with van der Waals surface area (Å²) in [6, 6.07) is 54.8. The standard InChI is InChI=1S/C46H29N5/c1-2-13-34(14-3-1)50-39-17-5-4-15-36(39)37-21-22-42-44(46(37)50)38-16-8-20-43-45(38)51(42)41-19-7-6-18-40(41)49(43)35-26-32(30-11-9-23-47-28-30)25-33(27-35)31-12-10-24-48-29-31/h1-29H. The highest BCUT2D eigenvalue weighted by atomic mass is 15.2. The van der Waals surface area contributed by atoms with E-state index in [-0.39, 0.29) is 0 Å². The number of para-hydroxylation sites is 5. The third-order valence-corrected chi connectivity index (χ3v) is 10.3. The molecule has 0 saturated carbocycles. The largest absolute Gasteiger partial charge is 0.309 e. The van der Waals surface area contributed by atoms with E-state index in [9.17, 15) is 0 Å². The van der Waals surface area contributed by atoms with Crippen LogP contribution in [-0.2, 0) is 0 Å². The van der Waals surface area contributed by atoms with Crippen LogP contribution < -0.4 is 4.90 Å². The predicted molar refractivity (Wildman–Crippen MR) is 210 cm³/mol. The highest BCUT2D eigenvalue weighted by Gasteiger charge is 2.30. The van der Waals surface area contributed by atoms with Crippen molar-refractivity contribution >= 4 is 60.7 Å². The Morgan fingerprint density at radius 2 is 1.04 bits per heavy atom. The molecule has 1 aliphatic rings. The normalized spacial score (nSPS) is 12.3. The Balaban J connectivity index is 1.26. The van der Waals surface area contributed by atoms with Crippen LogP contribution in [0.15, 0.2) is 176 Å². The summed E-state index contributed by atoms with van der Waals surface area (Å²) in [7, 11) is 0. The second kappa shape index (κ2) is 10.8. The van der Waals surface area contributed by atoms with E-state index in [2.05, 4.69) is 164 Å². The number of hydrogen-bond donors (Lipinski definition) is 0. The van der Waals surface area contributed by atoms with Gasteiger partial charge in [0.25, 0.3) is 0 Å². The molecule has 0 unspecified atom stereocenters. The summed E-state index contributed by atoms with van der Waals surface area (Å²) >= 11 is 0. The molecule has 5 nitrogen and oxygen atoms in total. The summed E-state index contributed by atoms with van der Waals surface area (Å²) in [5.41, 5.74) is 14.8. The van der Waals surface area contributed by atoms with Crippen molar-refractivity contribution in [3.63, 3.8) is 0 Å². The number of benzene rings is 6. The van der Waals surface area contributed by atoms with E-state index in [4.69, 9.17) is 0 Å². The van der Waals surface area contributed by atoms with E-state index in [0.29, 0.717) is 0 Å². The van der Waals surface area contributed by atoms with Gasteiger partial charge >= 0.3 is 0 Å². The van der Waals surface area contributed by atoms with Crippen molar-refractivity contribution in [2.24, 2.45) is 0 Å². The third kappa shape index (κ3) is 4.03. The van der Waals surface area contributed by atoms with Gasteiger partial charge in [0.05, 0.1) is 39.1 Å². The lowest BCUT2D eigenvalue weighted by atomic mass is 9.98. The average Bonchev–Trinajstić information content (AvgIpc) is 3.73. The van der Waals surface area contributed by atoms with Gasteiger partial charge in [-0.15, -0.1) is 0 Å². The van der Waals surface area contributed by atoms with Gasteiger partial charge in [0, 0.05) is 68.8 Å². The second-order valence-corrected chi connectivity index (χ2v) is 13.1. The molecule has 0 aliphatic carbocycles. The number of nitrogens with zero attached hydrogens (tertiary/aromatic N) is 5. The van der Waals surface area contributed by atoms with Crippen LogP contribution in [-0.4, -0.2) is 19.1 Å². The Morgan fingerprint density at radius 1 is 0.373 bits per heavy atom.